The first-order valence-corrected chi connectivity index (χ1v) is 7.21. The molecule has 1 saturated carbocycles. The predicted molar refractivity (Wildman–Crippen MR) is 77.9 cm³/mol. The van der Waals surface area contributed by atoms with Gasteiger partial charge in [0.05, 0.1) is 16.4 Å². The lowest BCUT2D eigenvalue weighted by Crippen LogP contribution is -2.11. The van der Waals surface area contributed by atoms with E-state index < -0.39 is 0 Å². The van der Waals surface area contributed by atoms with Crippen LogP contribution < -0.4 is 11.1 Å². The number of thiazole rings is 1. The number of nitrogens with one attached hydrogen (secondary N) is 1. The molecule has 19 heavy (non-hydrogen) atoms. The van der Waals surface area contributed by atoms with Gasteiger partial charge in [0.25, 0.3) is 5.91 Å². The maximum Gasteiger partial charge on any atom is 0.257 e. The van der Waals surface area contributed by atoms with Crippen LogP contribution in [0.15, 0.2) is 23.6 Å². The molecule has 1 fully saturated rings. The van der Waals surface area contributed by atoms with Crippen molar-refractivity contribution in [3.63, 3.8) is 0 Å². The quantitative estimate of drug-likeness (QED) is 0.851. The van der Waals surface area contributed by atoms with Gasteiger partial charge < -0.3 is 5.73 Å². The van der Waals surface area contributed by atoms with E-state index >= 15 is 0 Å². The van der Waals surface area contributed by atoms with E-state index in [2.05, 4.69) is 10.3 Å². The molecule has 1 heterocycles. The Balaban J connectivity index is 1.74. The van der Waals surface area contributed by atoms with Crippen molar-refractivity contribution < 1.29 is 4.79 Å². The van der Waals surface area contributed by atoms with Gasteiger partial charge >= 0.3 is 0 Å². The summed E-state index contributed by atoms with van der Waals surface area (Å²) in [4.78, 5) is 16.4. The van der Waals surface area contributed by atoms with E-state index in [-0.39, 0.29) is 5.91 Å². The Hall–Kier alpha value is -1.59. The van der Waals surface area contributed by atoms with Gasteiger partial charge in [0.1, 0.15) is 0 Å². The molecule has 1 amide bonds. The van der Waals surface area contributed by atoms with E-state index in [9.17, 15) is 4.79 Å². The summed E-state index contributed by atoms with van der Waals surface area (Å²) in [7, 11) is 0. The van der Waals surface area contributed by atoms with Crippen LogP contribution in [0.3, 0.4) is 0 Å². The van der Waals surface area contributed by atoms with Crippen molar-refractivity contribution in [2.75, 3.05) is 11.1 Å². The summed E-state index contributed by atoms with van der Waals surface area (Å²) in [5.41, 5.74) is 7.63. The van der Waals surface area contributed by atoms with Crippen molar-refractivity contribution in [1.29, 1.82) is 0 Å². The summed E-state index contributed by atoms with van der Waals surface area (Å²) in [6.45, 7) is 0. The van der Waals surface area contributed by atoms with E-state index in [1.54, 1.807) is 18.2 Å². The molecule has 1 aromatic carbocycles. The van der Waals surface area contributed by atoms with Crippen molar-refractivity contribution in [3.8, 4) is 0 Å². The summed E-state index contributed by atoms with van der Waals surface area (Å²) in [6.07, 6.45) is 2.40. The highest BCUT2D eigenvalue weighted by Crippen LogP contribution is 2.40. The molecule has 0 aliphatic heterocycles. The zero-order chi connectivity index (χ0) is 13.4. The van der Waals surface area contributed by atoms with Crippen LogP contribution in [0.25, 0.3) is 0 Å². The van der Waals surface area contributed by atoms with E-state index in [1.165, 1.54) is 24.2 Å². The fourth-order valence-corrected chi connectivity index (χ4v) is 2.72. The number of halogens is 1. The minimum absolute atomic E-state index is 0.224. The second kappa shape index (κ2) is 4.83. The van der Waals surface area contributed by atoms with Crippen LogP contribution in [0, 0.1) is 0 Å². The number of hydrogen-bond donors (Lipinski definition) is 2. The third kappa shape index (κ3) is 2.72. The zero-order valence-electron chi connectivity index (χ0n) is 10.0. The summed E-state index contributed by atoms with van der Waals surface area (Å²) >= 11 is 7.34. The van der Waals surface area contributed by atoms with E-state index in [4.69, 9.17) is 17.3 Å². The standard InChI is InChI=1S/C13H12ClN3OS/c14-9-5-8(3-4-10(9)15)12(18)17-13-16-11(6-19-13)7-1-2-7/h3-7H,1-2,15H2,(H,16,17,18). The molecule has 0 unspecified atom stereocenters. The number of carbonyl (C=O) groups is 1. The average molecular weight is 294 g/mol. The number of nitrogens with zero attached hydrogens (tertiary/aromatic N) is 1. The van der Waals surface area contributed by atoms with Gasteiger partial charge in [-0.2, -0.15) is 0 Å². The molecule has 0 saturated heterocycles. The minimum atomic E-state index is -0.224. The molecule has 0 radical (unpaired) electrons. The number of carbonyl (C=O) groups excluding carboxylic acids is 1. The smallest absolute Gasteiger partial charge is 0.257 e. The third-order valence-electron chi connectivity index (χ3n) is 3.00. The summed E-state index contributed by atoms with van der Waals surface area (Å²) in [5.74, 6) is 0.367. The molecule has 1 aromatic heterocycles. The van der Waals surface area contributed by atoms with Gasteiger partial charge in [0.2, 0.25) is 0 Å². The van der Waals surface area contributed by atoms with Crippen molar-refractivity contribution in [1.82, 2.24) is 4.98 Å². The normalized spacial score (nSPS) is 14.4. The van der Waals surface area contributed by atoms with E-state index in [0.29, 0.717) is 27.3 Å². The Morgan fingerprint density at radius 1 is 1.47 bits per heavy atom. The Kier molecular flexibility index (Phi) is 3.16. The summed E-state index contributed by atoms with van der Waals surface area (Å²) in [6, 6.07) is 4.82. The Morgan fingerprint density at radius 3 is 2.95 bits per heavy atom. The summed E-state index contributed by atoms with van der Waals surface area (Å²) in [5, 5.41) is 5.79. The zero-order valence-corrected chi connectivity index (χ0v) is 11.6. The fourth-order valence-electron chi connectivity index (χ4n) is 1.75. The number of hydrogen-bond acceptors (Lipinski definition) is 4. The number of aromatic nitrogens is 1. The lowest BCUT2D eigenvalue weighted by Gasteiger charge is -2.03. The van der Waals surface area contributed by atoms with Gasteiger partial charge in [-0.05, 0) is 31.0 Å². The van der Waals surface area contributed by atoms with Crippen molar-refractivity contribution in [2.45, 2.75) is 18.8 Å². The SMILES string of the molecule is Nc1ccc(C(=O)Nc2nc(C3CC3)cs2)cc1Cl. The van der Waals surface area contributed by atoms with Crippen molar-refractivity contribution in [2.24, 2.45) is 0 Å². The first kappa shape index (κ1) is 12.4. The highest BCUT2D eigenvalue weighted by Gasteiger charge is 2.26. The van der Waals surface area contributed by atoms with Crippen LogP contribution in [-0.2, 0) is 0 Å². The molecule has 4 nitrogen and oxygen atoms in total. The molecule has 98 valence electrons. The first-order valence-electron chi connectivity index (χ1n) is 5.95. The molecular formula is C13H12ClN3OS. The molecule has 6 heteroatoms. The summed E-state index contributed by atoms with van der Waals surface area (Å²) < 4.78 is 0. The second-order valence-corrected chi connectivity index (χ2v) is 5.81. The fraction of sp³-hybridized carbons (Fsp3) is 0.231. The van der Waals surface area contributed by atoms with Gasteiger partial charge in [-0.1, -0.05) is 11.6 Å². The maximum absolute atomic E-state index is 12.0. The minimum Gasteiger partial charge on any atom is -0.398 e. The molecule has 0 bridgehead atoms. The van der Waals surface area contributed by atoms with Crippen LogP contribution in [0.5, 0.6) is 0 Å². The maximum atomic E-state index is 12.0. The predicted octanol–water partition coefficient (Wildman–Crippen LogP) is 3.51. The molecule has 3 N–H and O–H groups in total. The second-order valence-electron chi connectivity index (χ2n) is 4.54. The number of benzene rings is 1. The number of nitrogens with two attached hydrogens (primary N) is 1. The van der Waals surface area contributed by atoms with E-state index in [1.807, 2.05) is 5.38 Å². The Morgan fingerprint density at radius 2 is 2.26 bits per heavy atom. The molecule has 1 aliphatic carbocycles. The van der Waals surface area contributed by atoms with Crippen LogP contribution in [0.1, 0.15) is 34.8 Å². The molecule has 0 atom stereocenters. The monoisotopic (exact) mass is 293 g/mol. The number of anilines is 2. The molecule has 3 rings (SSSR count). The van der Waals surface area contributed by atoms with Crippen LogP contribution in [-0.4, -0.2) is 10.9 Å². The molecule has 0 spiro atoms. The molecule has 1 aliphatic rings. The number of amides is 1. The topological polar surface area (TPSA) is 68.0 Å². The Bertz CT molecular complexity index is 637. The number of rotatable bonds is 3. The highest BCUT2D eigenvalue weighted by molar-refractivity contribution is 7.14. The lowest BCUT2D eigenvalue weighted by atomic mass is 10.2. The van der Waals surface area contributed by atoms with Gasteiger partial charge in [0.15, 0.2) is 5.13 Å². The van der Waals surface area contributed by atoms with Gasteiger partial charge in [-0.3, -0.25) is 10.1 Å². The van der Waals surface area contributed by atoms with Crippen LogP contribution >= 0.6 is 22.9 Å². The van der Waals surface area contributed by atoms with Crippen LogP contribution in [0.2, 0.25) is 5.02 Å². The first-order chi connectivity index (χ1) is 9.13. The highest BCUT2D eigenvalue weighted by atomic mass is 35.5. The molecule has 2 aromatic rings. The number of nitrogen functional groups attached to an aromatic ring is 1. The van der Waals surface area contributed by atoms with Gasteiger partial charge in [-0.15, -0.1) is 11.3 Å². The molecular weight excluding hydrogens is 282 g/mol. The van der Waals surface area contributed by atoms with E-state index in [0.717, 1.165) is 5.69 Å². The average Bonchev–Trinajstić information content (AvgIpc) is 3.14. The van der Waals surface area contributed by atoms with Crippen molar-refractivity contribution in [3.05, 3.63) is 39.9 Å². The van der Waals surface area contributed by atoms with Gasteiger partial charge in [-0.25, -0.2) is 4.98 Å². The largest absolute Gasteiger partial charge is 0.398 e. The van der Waals surface area contributed by atoms with Crippen molar-refractivity contribution >= 4 is 39.7 Å². The van der Waals surface area contributed by atoms with Gasteiger partial charge in [0, 0.05) is 16.9 Å². The van der Waals surface area contributed by atoms with Crippen LogP contribution in [0.4, 0.5) is 10.8 Å². The Labute approximate surface area is 119 Å². The third-order valence-corrected chi connectivity index (χ3v) is 4.10. The lowest BCUT2D eigenvalue weighted by molar-refractivity contribution is 0.102.